The van der Waals surface area contributed by atoms with E-state index in [2.05, 4.69) is 166 Å². The lowest BCUT2D eigenvalue weighted by Gasteiger charge is -2.19. The molecule has 0 bridgehead atoms. The summed E-state index contributed by atoms with van der Waals surface area (Å²) in [5.74, 6) is 1.93. The van der Waals surface area contributed by atoms with E-state index in [4.69, 9.17) is 15.0 Å². The van der Waals surface area contributed by atoms with Gasteiger partial charge < -0.3 is 4.40 Å². The van der Waals surface area contributed by atoms with E-state index < -0.39 is 0 Å². The molecule has 6 aromatic carbocycles. The summed E-state index contributed by atoms with van der Waals surface area (Å²) in [6, 6.07) is 42.1. The Balaban J connectivity index is 1.26. The second-order valence-electron chi connectivity index (χ2n) is 16.6. The van der Waals surface area contributed by atoms with Crippen molar-refractivity contribution >= 4 is 80.6 Å². The molecule has 11 rings (SSSR count). The van der Waals surface area contributed by atoms with Gasteiger partial charge in [-0.3, -0.25) is 4.57 Å². The highest BCUT2D eigenvalue weighted by atomic mass is 32.1. The van der Waals surface area contributed by atoms with E-state index >= 15 is 0 Å². The van der Waals surface area contributed by atoms with Crippen LogP contribution in [-0.2, 0) is 10.8 Å². The molecular formula is C47H37N5S. The van der Waals surface area contributed by atoms with E-state index in [1.54, 1.807) is 0 Å². The van der Waals surface area contributed by atoms with Crippen LogP contribution in [0.5, 0.6) is 0 Å². The van der Waals surface area contributed by atoms with Gasteiger partial charge in [0.05, 0.1) is 27.6 Å². The van der Waals surface area contributed by atoms with Crippen molar-refractivity contribution in [3.63, 3.8) is 0 Å². The Morgan fingerprint density at radius 1 is 0.453 bits per heavy atom. The SMILES string of the molecule is CC(C)(C)c1ccc(-c2nc(-c3ccc(C(C)(C)C)cc3)nc(-n3c4ccc5sc6ccc7c8ccccc8n8c9cccc3c9c4c5c6c78)n2)cc1. The average molecular weight is 704 g/mol. The van der Waals surface area contributed by atoms with Crippen LogP contribution >= 0.6 is 11.3 Å². The van der Waals surface area contributed by atoms with Gasteiger partial charge in [-0.1, -0.05) is 120 Å². The van der Waals surface area contributed by atoms with Crippen molar-refractivity contribution in [1.82, 2.24) is 23.9 Å². The van der Waals surface area contributed by atoms with Crippen LogP contribution in [0.15, 0.2) is 115 Å². The molecule has 0 saturated carbocycles. The van der Waals surface area contributed by atoms with Crippen molar-refractivity contribution in [2.45, 2.75) is 52.4 Å². The van der Waals surface area contributed by atoms with Gasteiger partial charge in [0.2, 0.25) is 5.95 Å². The van der Waals surface area contributed by atoms with Crippen molar-refractivity contribution < 1.29 is 0 Å². The van der Waals surface area contributed by atoms with Gasteiger partial charge in [-0.05, 0) is 58.4 Å². The fraction of sp³-hybridized carbons (Fsp3) is 0.170. The third-order valence-corrected chi connectivity index (χ3v) is 12.4. The van der Waals surface area contributed by atoms with E-state index in [0.717, 1.165) is 22.2 Å². The second-order valence-corrected chi connectivity index (χ2v) is 17.7. The summed E-state index contributed by atoms with van der Waals surface area (Å²) in [7, 11) is 0. The van der Waals surface area contributed by atoms with Crippen LogP contribution in [-0.4, -0.2) is 23.9 Å². The highest BCUT2D eigenvalue weighted by molar-refractivity contribution is 7.26. The van der Waals surface area contributed by atoms with Gasteiger partial charge in [-0.25, -0.2) is 4.98 Å². The molecular weight excluding hydrogens is 667 g/mol. The van der Waals surface area contributed by atoms with Crippen molar-refractivity contribution in [2.24, 2.45) is 0 Å². The predicted molar refractivity (Wildman–Crippen MR) is 224 cm³/mol. The number of nitrogens with zero attached hydrogens (tertiary/aromatic N) is 5. The molecule has 53 heavy (non-hydrogen) atoms. The molecule has 0 saturated heterocycles. The molecule has 0 radical (unpaired) electrons. The van der Waals surface area contributed by atoms with E-state index in [-0.39, 0.29) is 10.8 Å². The molecule has 0 spiro atoms. The summed E-state index contributed by atoms with van der Waals surface area (Å²) in [6.45, 7) is 13.5. The summed E-state index contributed by atoms with van der Waals surface area (Å²) in [5.41, 5.74) is 10.4. The van der Waals surface area contributed by atoms with Crippen molar-refractivity contribution in [1.29, 1.82) is 0 Å². The van der Waals surface area contributed by atoms with Crippen LogP contribution in [0.3, 0.4) is 0 Å². The van der Waals surface area contributed by atoms with Gasteiger partial charge in [0.1, 0.15) is 0 Å². The van der Waals surface area contributed by atoms with Crippen molar-refractivity contribution in [3.05, 3.63) is 126 Å². The summed E-state index contributed by atoms with van der Waals surface area (Å²) < 4.78 is 7.38. The molecule has 5 heterocycles. The van der Waals surface area contributed by atoms with Crippen LogP contribution < -0.4 is 0 Å². The fourth-order valence-corrected chi connectivity index (χ4v) is 9.66. The zero-order valence-electron chi connectivity index (χ0n) is 30.6. The number of hydrogen-bond acceptors (Lipinski definition) is 4. The topological polar surface area (TPSA) is 48.0 Å². The van der Waals surface area contributed by atoms with Gasteiger partial charge in [0.15, 0.2) is 11.6 Å². The Morgan fingerprint density at radius 2 is 1.02 bits per heavy atom. The summed E-state index contributed by atoms with van der Waals surface area (Å²) in [6.07, 6.45) is 0. The van der Waals surface area contributed by atoms with Gasteiger partial charge in [-0.2, -0.15) is 9.97 Å². The van der Waals surface area contributed by atoms with Gasteiger partial charge >= 0.3 is 0 Å². The Bertz CT molecular complexity index is 3140. The quantitative estimate of drug-likeness (QED) is 0.184. The maximum Gasteiger partial charge on any atom is 0.238 e. The summed E-state index contributed by atoms with van der Waals surface area (Å²) >= 11 is 1.88. The molecule has 5 nitrogen and oxygen atoms in total. The third kappa shape index (κ3) is 4.27. The maximum absolute atomic E-state index is 5.31. The number of fused-ring (bicyclic) bond motifs is 4. The fourth-order valence-electron chi connectivity index (χ4n) is 8.54. The molecule has 0 amide bonds. The van der Waals surface area contributed by atoms with Crippen LogP contribution in [0, 0.1) is 0 Å². The molecule has 0 atom stereocenters. The standard InChI is InChI=1S/C47H37N5S/c1-46(2,3)28-18-14-26(15-19-28)43-48-44(27-16-20-29(21-17-27)47(4,5)6)50-45(49-43)52-34-13-9-12-33-38(34)39-35(52)23-25-36-40(39)41-37(53-36)24-22-31-30-10-7-8-11-32(30)51(33)42(31)41/h7-25H,1-6H3. The smallest absolute Gasteiger partial charge is 0.238 e. The number of hydrogen-bond donors (Lipinski definition) is 0. The number of para-hydroxylation sites is 1. The highest BCUT2D eigenvalue weighted by Crippen LogP contribution is 2.50. The van der Waals surface area contributed by atoms with Crippen LogP contribution in [0.1, 0.15) is 52.7 Å². The Morgan fingerprint density at radius 3 is 1.68 bits per heavy atom. The Labute approximate surface area is 310 Å². The van der Waals surface area contributed by atoms with Crippen LogP contribution in [0.2, 0.25) is 0 Å². The summed E-state index contributed by atoms with van der Waals surface area (Å²) in [4.78, 5) is 15.8. The lowest BCUT2D eigenvalue weighted by molar-refractivity contribution is 0.590. The number of thiophene rings is 1. The molecule has 0 aliphatic heterocycles. The van der Waals surface area contributed by atoms with Crippen molar-refractivity contribution in [2.75, 3.05) is 0 Å². The number of aromatic nitrogens is 5. The van der Waals surface area contributed by atoms with E-state index in [9.17, 15) is 0 Å². The van der Waals surface area contributed by atoms with Gasteiger partial charge in [0.25, 0.3) is 0 Å². The van der Waals surface area contributed by atoms with Gasteiger partial charge in [-0.15, -0.1) is 11.3 Å². The average Bonchev–Trinajstić information content (AvgIpc) is 3.78. The van der Waals surface area contributed by atoms with Crippen molar-refractivity contribution in [3.8, 4) is 28.7 Å². The first-order valence-corrected chi connectivity index (χ1v) is 19.2. The molecule has 0 aliphatic rings. The minimum atomic E-state index is 0.0437. The highest BCUT2D eigenvalue weighted by Gasteiger charge is 2.27. The second kappa shape index (κ2) is 10.4. The normalized spacial score (nSPS) is 13.1. The first kappa shape index (κ1) is 30.7. The molecule has 256 valence electrons. The Kier molecular flexibility index (Phi) is 6.03. The molecule has 11 aromatic rings. The maximum atomic E-state index is 5.31. The van der Waals surface area contributed by atoms with E-state index in [0.29, 0.717) is 17.6 Å². The largest absolute Gasteiger partial charge is 0.308 e. The minimum absolute atomic E-state index is 0.0437. The lowest BCUT2D eigenvalue weighted by Crippen LogP contribution is -2.11. The zero-order valence-corrected chi connectivity index (χ0v) is 31.4. The molecule has 0 N–H and O–H groups in total. The van der Waals surface area contributed by atoms with Gasteiger partial charge in [0, 0.05) is 52.8 Å². The zero-order chi connectivity index (χ0) is 36.0. The number of benzene rings is 6. The molecule has 0 aliphatic carbocycles. The molecule has 0 fully saturated rings. The molecule has 5 aromatic heterocycles. The monoisotopic (exact) mass is 703 g/mol. The van der Waals surface area contributed by atoms with Crippen LogP contribution in [0.25, 0.3) is 98.0 Å². The molecule has 6 heteroatoms. The molecule has 0 unspecified atom stereocenters. The lowest BCUT2D eigenvalue weighted by atomic mass is 9.86. The predicted octanol–water partition coefficient (Wildman–Crippen LogP) is 12.7. The van der Waals surface area contributed by atoms with Crippen LogP contribution in [0.4, 0.5) is 0 Å². The van der Waals surface area contributed by atoms with E-state index in [1.165, 1.54) is 69.4 Å². The minimum Gasteiger partial charge on any atom is -0.308 e. The third-order valence-electron chi connectivity index (χ3n) is 11.2. The summed E-state index contributed by atoms with van der Waals surface area (Å²) in [5, 5.41) is 7.69. The number of rotatable bonds is 3. The Hall–Kier alpha value is -5.85. The van der Waals surface area contributed by atoms with E-state index in [1.807, 2.05) is 11.3 Å². The first-order valence-electron chi connectivity index (χ1n) is 18.4. The first-order chi connectivity index (χ1) is 25.5.